The summed E-state index contributed by atoms with van der Waals surface area (Å²) in [6.07, 6.45) is 3.36. The first-order chi connectivity index (χ1) is 5.27. The zero-order valence-corrected chi connectivity index (χ0v) is 6.49. The molecule has 0 saturated carbocycles. The summed E-state index contributed by atoms with van der Waals surface area (Å²) in [4.78, 5) is 12.9. The summed E-state index contributed by atoms with van der Waals surface area (Å²) >= 11 is 0. The summed E-state index contributed by atoms with van der Waals surface area (Å²) in [5, 5.41) is 8.74. The van der Waals surface area contributed by atoms with Gasteiger partial charge in [-0.2, -0.15) is 0 Å². The summed E-state index contributed by atoms with van der Waals surface area (Å²) < 4.78 is 0. The lowest BCUT2D eigenvalue weighted by molar-refractivity contribution is -0.141. The van der Waals surface area contributed by atoms with Crippen LogP contribution in [0.4, 0.5) is 0 Å². The van der Waals surface area contributed by atoms with Crippen LogP contribution in [0.3, 0.4) is 0 Å². The maximum Gasteiger partial charge on any atom is 0.307 e. The standard InChI is InChI=1S/C8H13NO2/c10-8(11)6-4-7-2-1-3-9(7)5-6/h6-7H,1-5H2,(H,10,11)/t6-,7+/m1/s1. The Balaban J connectivity index is 1.99. The van der Waals surface area contributed by atoms with Gasteiger partial charge in [-0.25, -0.2) is 0 Å². The van der Waals surface area contributed by atoms with Crippen molar-refractivity contribution in [1.29, 1.82) is 0 Å². The van der Waals surface area contributed by atoms with Crippen molar-refractivity contribution >= 4 is 5.97 Å². The molecule has 0 bridgehead atoms. The van der Waals surface area contributed by atoms with E-state index in [2.05, 4.69) is 4.90 Å². The predicted molar refractivity (Wildman–Crippen MR) is 40.3 cm³/mol. The monoisotopic (exact) mass is 155 g/mol. The van der Waals surface area contributed by atoms with Crippen molar-refractivity contribution in [3.05, 3.63) is 0 Å². The maximum absolute atomic E-state index is 10.6. The molecule has 2 saturated heterocycles. The van der Waals surface area contributed by atoms with Gasteiger partial charge in [0.2, 0.25) is 0 Å². The number of rotatable bonds is 1. The molecule has 2 aliphatic heterocycles. The second-order valence-corrected chi connectivity index (χ2v) is 3.56. The molecule has 0 aromatic heterocycles. The minimum Gasteiger partial charge on any atom is -0.481 e. The number of aliphatic carboxylic acids is 1. The van der Waals surface area contributed by atoms with E-state index in [0.717, 1.165) is 19.5 Å². The number of carbonyl (C=O) groups is 1. The van der Waals surface area contributed by atoms with Crippen LogP contribution in [0.25, 0.3) is 0 Å². The topological polar surface area (TPSA) is 40.5 Å². The van der Waals surface area contributed by atoms with Gasteiger partial charge in [-0.15, -0.1) is 0 Å². The smallest absolute Gasteiger partial charge is 0.307 e. The average molecular weight is 155 g/mol. The molecule has 1 N–H and O–H groups in total. The summed E-state index contributed by atoms with van der Waals surface area (Å²) in [5.41, 5.74) is 0. The Morgan fingerprint density at radius 1 is 1.55 bits per heavy atom. The van der Waals surface area contributed by atoms with Crippen LogP contribution in [0, 0.1) is 5.92 Å². The fraction of sp³-hybridized carbons (Fsp3) is 0.875. The van der Waals surface area contributed by atoms with Crippen molar-refractivity contribution in [3.8, 4) is 0 Å². The Morgan fingerprint density at radius 2 is 2.36 bits per heavy atom. The van der Waals surface area contributed by atoms with E-state index in [-0.39, 0.29) is 5.92 Å². The van der Waals surface area contributed by atoms with E-state index >= 15 is 0 Å². The number of hydrogen-bond acceptors (Lipinski definition) is 2. The Bertz CT molecular complexity index is 169. The van der Waals surface area contributed by atoms with Gasteiger partial charge in [0, 0.05) is 12.6 Å². The molecule has 0 radical (unpaired) electrons. The molecule has 11 heavy (non-hydrogen) atoms. The Kier molecular flexibility index (Phi) is 1.60. The highest BCUT2D eigenvalue weighted by Gasteiger charge is 2.38. The molecule has 2 atom stereocenters. The fourth-order valence-corrected chi connectivity index (χ4v) is 2.27. The highest BCUT2D eigenvalue weighted by Crippen LogP contribution is 2.31. The molecule has 0 aromatic rings. The van der Waals surface area contributed by atoms with Crippen molar-refractivity contribution in [1.82, 2.24) is 4.90 Å². The molecule has 2 heterocycles. The van der Waals surface area contributed by atoms with Crippen LogP contribution in [0.1, 0.15) is 19.3 Å². The van der Waals surface area contributed by atoms with E-state index in [0.29, 0.717) is 6.04 Å². The van der Waals surface area contributed by atoms with Crippen LogP contribution in [0.5, 0.6) is 0 Å². The van der Waals surface area contributed by atoms with Crippen LogP contribution < -0.4 is 0 Å². The lowest BCUT2D eigenvalue weighted by Crippen LogP contribution is -2.23. The van der Waals surface area contributed by atoms with Gasteiger partial charge in [-0.05, 0) is 25.8 Å². The molecule has 0 unspecified atom stereocenters. The fourth-order valence-electron chi connectivity index (χ4n) is 2.27. The minimum atomic E-state index is -0.612. The molecule has 3 heteroatoms. The van der Waals surface area contributed by atoms with Gasteiger partial charge >= 0.3 is 5.97 Å². The molecule has 3 nitrogen and oxygen atoms in total. The van der Waals surface area contributed by atoms with Crippen molar-refractivity contribution in [3.63, 3.8) is 0 Å². The van der Waals surface area contributed by atoms with E-state index in [1.165, 1.54) is 12.8 Å². The summed E-state index contributed by atoms with van der Waals surface area (Å²) in [6, 6.07) is 0.594. The maximum atomic E-state index is 10.6. The van der Waals surface area contributed by atoms with E-state index in [1.54, 1.807) is 0 Å². The van der Waals surface area contributed by atoms with Crippen LogP contribution >= 0.6 is 0 Å². The van der Waals surface area contributed by atoms with E-state index in [9.17, 15) is 4.79 Å². The second kappa shape index (κ2) is 2.48. The molecule has 0 aliphatic carbocycles. The zero-order valence-electron chi connectivity index (χ0n) is 6.49. The third kappa shape index (κ3) is 1.13. The highest BCUT2D eigenvalue weighted by molar-refractivity contribution is 5.70. The molecule has 0 aromatic carbocycles. The molecular formula is C8H13NO2. The van der Waals surface area contributed by atoms with Crippen molar-refractivity contribution in [2.75, 3.05) is 13.1 Å². The Morgan fingerprint density at radius 3 is 3.00 bits per heavy atom. The SMILES string of the molecule is O=C(O)[C@@H]1C[C@@H]2CCCN2C1. The molecule has 2 fully saturated rings. The molecule has 2 aliphatic rings. The predicted octanol–water partition coefficient (Wildman–Crippen LogP) is 0.555. The molecule has 0 spiro atoms. The highest BCUT2D eigenvalue weighted by atomic mass is 16.4. The number of fused-ring (bicyclic) bond motifs is 1. The van der Waals surface area contributed by atoms with Gasteiger partial charge in [-0.3, -0.25) is 9.69 Å². The number of hydrogen-bond donors (Lipinski definition) is 1. The van der Waals surface area contributed by atoms with Crippen molar-refractivity contribution < 1.29 is 9.90 Å². The largest absolute Gasteiger partial charge is 0.481 e. The van der Waals surface area contributed by atoms with Gasteiger partial charge in [-0.1, -0.05) is 0 Å². The lowest BCUT2D eigenvalue weighted by atomic mass is 10.0. The molecule has 2 rings (SSSR count). The third-order valence-electron chi connectivity index (χ3n) is 2.86. The summed E-state index contributed by atoms with van der Waals surface area (Å²) in [6.45, 7) is 1.91. The van der Waals surface area contributed by atoms with Gasteiger partial charge in [0.25, 0.3) is 0 Å². The van der Waals surface area contributed by atoms with Gasteiger partial charge in [0.05, 0.1) is 5.92 Å². The van der Waals surface area contributed by atoms with Crippen molar-refractivity contribution in [2.45, 2.75) is 25.3 Å². The molecular weight excluding hydrogens is 142 g/mol. The van der Waals surface area contributed by atoms with E-state index in [1.807, 2.05) is 0 Å². The van der Waals surface area contributed by atoms with Crippen LogP contribution in [-0.2, 0) is 4.79 Å². The summed E-state index contributed by atoms with van der Waals surface area (Å²) in [7, 11) is 0. The average Bonchev–Trinajstić information content (AvgIpc) is 2.40. The first-order valence-corrected chi connectivity index (χ1v) is 4.24. The quantitative estimate of drug-likeness (QED) is 0.601. The molecule has 62 valence electrons. The van der Waals surface area contributed by atoms with Gasteiger partial charge in [0.1, 0.15) is 0 Å². The van der Waals surface area contributed by atoms with Gasteiger partial charge < -0.3 is 5.11 Å². The molecule has 0 amide bonds. The third-order valence-corrected chi connectivity index (χ3v) is 2.86. The Labute approximate surface area is 66.0 Å². The van der Waals surface area contributed by atoms with Crippen LogP contribution in [-0.4, -0.2) is 35.1 Å². The second-order valence-electron chi connectivity index (χ2n) is 3.56. The van der Waals surface area contributed by atoms with Crippen molar-refractivity contribution in [2.24, 2.45) is 5.92 Å². The summed E-state index contributed by atoms with van der Waals surface area (Å²) in [5.74, 6) is -0.695. The normalized spacial score (nSPS) is 37.5. The van der Waals surface area contributed by atoms with Crippen LogP contribution in [0.2, 0.25) is 0 Å². The lowest BCUT2D eigenvalue weighted by Gasteiger charge is -2.12. The van der Waals surface area contributed by atoms with Gasteiger partial charge in [0.15, 0.2) is 0 Å². The van der Waals surface area contributed by atoms with E-state index in [4.69, 9.17) is 5.11 Å². The first kappa shape index (κ1) is 7.10. The number of nitrogens with zero attached hydrogens (tertiary/aromatic N) is 1. The minimum absolute atomic E-state index is 0.0831. The van der Waals surface area contributed by atoms with Crippen LogP contribution in [0.15, 0.2) is 0 Å². The number of carboxylic acids is 1. The zero-order chi connectivity index (χ0) is 7.84. The van der Waals surface area contributed by atoms with E-state index < -0.39 is 5.97 Å². The number of carboxylic acid groups (broad SMARTS) is 1. The first-order valence-electron chi connectivity index (χ1n) is 4.24. The Hall–Kier alpha value is -0.570.